The van der Waals surface area contributed by atoms with Gasteiger partial charge in [0.15, 0.2) is 0 Å². The average molecular weight is 350 g/mol. The second kappa shape index (κ2) is 7.40. The minimum atomic E-state index is -0.344. The fourth-order valence-electron chi connectivity index (χ4n) is 2.55. The Hall–Kier alpha value is -1.80. The number of hydrogen-bond acceptors (Lipinski definition) is 7. The molecule has 1 aliphatic heterocycles. The number of hydrogen-bond donors (Lipinski definition) is 0. The second-order valence-corrected chi connectivity index (χ2v) is 7.21. The first-order valence-electron chi connectivity index (χ1n) is 8.26. The zero-order valence-electron chi connectivity index (χ0n) is 14.2. The summed E-state index contributed by atoms with van der Waals surface area (Å²) in [7, 11) is 0. The third-order valence-electron chi connectivity index (χ3n) is 3.85. The number of nitrogens with zero attached hydrogens (tertiary/aromatic N) is 4. The van der Waals surface area contributed by atoms with Crippen molar-refractivity contribution < 1.29 is 13.9 Å². The molecule has 3 rings (SSSR count). The largest absolute Gasteiger partial charge is 0.423 e. The van der Waals surface area contributed by atoms with Gasteiger partial charge in [-0.05, 0) is 12.8 Å². The van der Waals surface area contributed by atoms with E-state index in [2.05, 4.69) is 22.1 Å². The minimum absolute atomic E-state index is 0.0487. The van der Waals surface area contributed by atoms with Gasteiger partial charge in [-0.1, -0.05) is 20.8 Å². The molecule has 0 aromatic carbocycles. The molecule has 0 radical (unpaired) electrons. The van der Waals surface area contributed by atoms with Crippen LogP contribution >= 0.6 is 11.3 Å². The Morgan fingerprint density at radius 2 is 2.29 bits per heavy atom. The lowest BCUT2D eigenvalue weighted by Gasteiger charge is -2.33. The first-order chi connectivity index (χ1) is 11.6. The van der Waals surface area contributed by atoms with Crippen LogP contribution in [0.1, 0.15) is 65.6 Å². The van der Waals surface area contributed by atoms with E-state index in [4.69, 9.17) is 9.15 Å². The highest BCUT2D eigenvalue weighted by Crippen LogP contribution is 2.28. The molecular weight excluding hydrogens is 328 g/mol. The van der Waals surface area contributed by atoms with E-state index in [9.17, 15) is 4.79 Å². The Balaban J connectivity index is 1.81. The molecule has 1 fully saturated rings. The summed E-state index contributed by atoms with van der Waals surface area (Å²) in [6.07, 6.45) is 3.57. The Morgan fingerprint density at radius 3 is 3.00 bits per heavy atom. The molecule has 3 heterocycles. The monoisotopic (exact) mass is 350 g/mol. The summed E-state index contributed by atoms with van der Waals surface area (Å²) >= 11 is 1.46. The quantitative estimate of drug-likeness (QED) is 0.825. The van der Waals surface area contributed by atoms with Gasteiger partial charge in [-0.2, -0.15) is 0 Å². The molecule has 130 valence electrons. The van der Waals surface area contributed by atoms with Crippen LogP contribution in [-0.2, 0) is 11.2 Å². The van der Waals surface area contributed by atoms with Gasteiger partial charge >= 0.3 is 0 Å². The maximum Gasteiger partial charge on any atom is 0.266 e. The van der Waals surface area contributed by atoms with Crippen molar-refractivity contribution >= 4 is 17.2 Å². The summed E-state index contributed by atoms with van der Waals surface area (Å²) in [5.41, 5.74) is 0. The zero-order chi connectivity index (χ0) is 17.1. The highest BCUT2D eigenvalue weighted by atomic mass is 32.1. The molecule has 0 spiro atoms. The average Bonchev–Trinajstić information content (AvgIpc) is 3.24. The van der Waals surface area contributed by atoms with Gasteiger partial charge in [-0.15, -0.1) is 21.5 Å². The van der Waals surface area contributed by atoms with Gasteiger partial charge in [0.25, 0.3) is 5.91 Å². The number of aromatic nitrogens is 3. The topological polar surface area (TPSA) is 81.4 Å². The van der Waals surface area contributed by atoms with Crippen LogP contribution in [0.25, 0.3) is 0 Å². The van der Waals surface area contributed by atoms with Crippen molar-refractivity contribution in [1.29, 1.82) is 0 Å². The zero-order valence-corrected chi connectivity index (χ0v) is 15.0. The highest BCUT2D eigenvalue weighted by molar-refractivity contribution is 7.13. The van der Waals surface area contributed by atoms with Crippen LogP contribution in [0.4, 0.5) is 0 Å². The van der Waals surface area contributed by atoms with Gasteiger partial charge in [-0.25, -0.2) is 4.98 Å². The molecule has 0 aliphatic carbocycles. The second-order valence-electron chi connectivity index (χ2n) is 6.09. The van der Waals surface area contributed by atoms with E-state index in [1.165, 1.54) is 11.3 Å². The van der Waals surface area contributed by atoms with Crippen molar-refractivity contribution in [2.45, 2.75) is 45.6 Å². The van der Waals surface area contributed by atoms with Crippen LogP contribution in [-0.4, -0.2) is 45.7 Å². The van der Waals surface area contributed by atoms with E-state index >= 15 is 0 Å². The molecule has 0 saturated carbocycles. The van der Waals surface area contributed by atoms with Crippen LogP contribution < -0.4 is 0 Å². The van der Waals surface area contributed by atoms with Crippen molar-refractivity contribution in [1.82, 2.24) is 20.1 Å². The predicted molar refractivity (Wildman–Crippen MR) is 89.1 cm³/mol. The standard InChI is InChI=1S/C16H22N4O3S/c1-4-5-13-17-8-12(24-13)16(21)20-6-7-22-9-11(20)15-19-18-14(23-15)10(2)3/h8,10-11H,4-7,9H2,1-3H3/t11-/m1/s1. The van der Waals surface area contributed by atoms with Crippen molar-refractivity contribution in [3.63, 3.8) is 0 Å². The first-order valence-corrected chi connectivity index (χ1v) is 9.08. The molecule has 1 amide bonds. The van der Waals surface area contributed by atoms with Gasteiger partial charge in [0.05, 0.1) is 24.4 Å². The van der Waals surface area contributed by atoms with E-state index in [0.29, 0.717) is 36.4 Å². The van der Waals surface area contributed by atoms with E-state index in [1.807, 2.05) is 13.8 Å². The normalized spacial score (nSPS) is 18.3. The summed E-state index contributed by atoms with van der Waals surface area (Å²) in [6.45, 7) is 7.46. The van der Waals surface area contributed by atoms with Crippen molar-refractivity contribution in [3.8, 4) is 0 Å². The lowest BCUT2D eigenvalue weighted by molar-refractivity contribution is -0.0105. The van der Waals surface area contributed by atoms with Crippen molar-refractivity contribution in [3.05, 3.63) is 27.9 Å². The molecule has 1 atom stereocenters. The minimum Gasteiger partial charge on any atom is -0.423 e. The maximum absolute atomic E-state index is 12.9. The third kappa shape index (κ3) is 3.49. The lowest BCUT2D eigenvalue weighted by atomic mass is 10.2. The van der Waals surface area contributed by atoms with Gasteiger partial charge < -0.3 is 14.1 Å². The van der Waals surface area contributed by atoms with E-state index in [-0.39, 0.29) is 17.9 Å². The Bertz CT molecular complexity index is 697. The van der Waals surface area contributed by atoms with Crippen LogP contribution in [0.2, 0.25) is 0 Å². The van der Waals surface area contributed by atoms with Crippen LogP contribution in [0.5, 0.6) is 0 Å². The molecule has 8 heteroatoms. The molecule has 7 nitrogen and oxygen atoms in total. The van der Waals surface area contributed by atoms with Gasteiger partial charge in [0.1, 0.15) is 10.9 Å². The van der Waals surface area contributed by atoms with E-state index in [1.54, 1.807) is 11.1 Å². The summed E-state index contributed by atoms with van der Waals surface area (Å²) < 4.78 is 11.3. The van der Waals surface area contributed by atoms with Gasteiger partial charge in [0, 0.05) is 12.5 Å². The molecule has 1 saturated heterocycles. The first kappa shape index (κ1) is 17.0. The van der Waals surface area contributed by atoms with E-state index in [0.717, 1.165) is 17.8 Å². The molecule has 0 N–H and O–H groups in total. The Labute approximate surface area is 145 Å². The summed E-state index contributed by atoms with van der Waals surface area (Å²) in [6, 6.07) is -0.344. The number of rotatable bonds is 5. The summed E-state index contributed by atoms with van der Waals surface area (Å²) in [5, 5.41) is 9.18. The van der Waals surface area contributed by atoms with Gasteiger partial charge in [0.2, 0.25) is 11.8 Å². The number of carbonyl (C=O) groups excluding carboxylic acids is 1. The highest BCUT2D eigenvalue weighted by Gasteiger charge is 2.34. The van der Waals surface area contributed by atoms with Crippen LogP contribution in [0.3, 0.4) is 0 Å². The molecule has 0 bridgehead atoms. The number of thiazole rings is 1. The fraction of sp³-hybridized carbons (Fsp3) is 0.625. The predicted octanol–water partition coefficient (Wildman–Crippen LogP) is 2.82. The van der Waals surface area contributed by atoms with Crippen LogP contribution in [0.15, 0.2) is 10.6 Å². The fourth-order valence-corrected chi connectivity index (χ4v) is 3.52. The number of amides is 1. The molecule has 1 aliphatic rings. The molecule has 2 aromatic rings. The molecular formula is C16H22N4O3S. The van der Waals surface area contributed by atoms with E-state index < -0.39 is 0 Å². The molecule has 2 aromatic heterocycles. The Morgan fingerprint density at radius 1 is 1.46 bits per heavy atom. The maximum atomic E-state index is 12.9. The van der Waals surface area contributed by atoms with Gasteiger partial charge in [-0.3, -0.25) is 4.79 Å². The summed E-state index contributed by atoms with van der Waals surface area (Å²) in [4.78, 5) is 19.6. The smallest absolute Gasteiger partial charge is 0.266 e. The lowest BCUT2D eigenvalue weighted by Crippen LogP contribution is -2.43. The molecule has 0 unspecified atom stereocenters. The number of carbonyl (C=O) groups is 1. The Kier molecular flexibility index (Phi) is 5.25. The molecule has 24 heavy (non-hydrogen) atoms. The SMILES string of the molecule is CCCc1ncc(C(=O)N2CCOC[C@@H]2c2nnc(C(C)C)o2)s1. The van der Waals surface area contributed by atoms with Crippen molar-refractivity contribution in [2.24, 2.45) is 0 Å². The van der Waals surface area contributed by atoms with Crippen molar-refractivity contribution in [2.75, 3.05) is 19.8 Å². The number of aryl methyl sites for hydroxylation is 1. The number of ether oxygens (including phenoxy) is 1. The third-order valence-corrected chi connectivity index (χ3v) is 4.90. The van der Waals surface area contributed by atoms with Crippen LogP contribution in [0, 0.1) is 0 Å². The number of morpholine rings is 1. The summed E-state index contributed by atoms with van der Waals surface area (Å²) in [5.74, 6) is 1.11.